The van der Waals surface area contributed by atoms with Gasteiger partial charge in [0.2, 0.25) is 0 Å². The van der Waals surface area contributed by atoms with E-state index in [1.807, 2.05) is 54.6 Å². The van der Waals surface area contributed by atoms with E-state index in [9.17, 15) is 9.59 Å². The molecule has 0 saturated carbocycles. The molecule has 1 aliphatic rings. The molecule has 9 heteroatoms. The van der Waals surface area contributed by atoms with Crippen LogP contribution in [0.25, 0.3) is 0 Å². The number of aromatic nitrogens is 3. The van der Waals surface area contributed by atoms with Crippen molar-refractivity contribution in [3.8, 4) is 5.75 Å². The number of carbonyl (C=O) groups excluding carboxylic acids is 2. The van der Waals surface area contributed by atoms with Crippen LogP contribution in [-0.4, -0.2) is 40.1 Å². The SMILES string of the molecule is CCOC(=O)C1=C(C)NC(C)=C(C(=O)OCC)C1c1ccccc1OCc1cnnn1Cc1ccccc1. The maximum absolute atomic E-state index is 13.1. The van der Waals surface area contributed by atoms with Crippen molar-refractivity contribution in [3.63, 3.8) is 0 Å². The van der Waals surface area contributed by atoms with Crippen LogP contribution >= 0.6 is 0 Å². The van der Waals surface area contributed by atoms with Crippen LogP contribution in [0.1, 0.15) is 50.4 Å². The molecule has 0 aliphatic carbocycles. The first-order valence-electron chi connectivity index (χ1n) is 12.6. The highest BCUT2D eigenvalue weighted by Crippen LogP contribution is 2.42. The molecule has 1 N–H and O–H groups in total. The highest BCUT2D eigenvalue weighted by molar-refractivity contribution is 6.00. The molecule has 0 radical (unpaired) electrons. The van der Waals surface area contributed by atoms with E-state index in [1.54, 1.807) is 38.6 Å². The van der Waals surface area contributed by atoms with Crippen LogP contribution in [0.3, 0.4) is 0 Å². The average Bonchev–Trinajstić information content (AvgIpc) is 3.34. The smallest absolute Gasteiger partial charge is 0.336 e. The number of ether oxygens (including phenoxy) is 3. The number of carbonyl (C=O) groups is 2. The summed E-state index contributed by atoms with van der Waals surface area (Å²) in [6, 6.07) is 17.3. The lowest BCUT2D eigenvalue weighted by atomic mass is 9.80. The van der Waals surface area contributed by atoms with Crippen molar-refractivity contribution in [2.24, 2.45) is 0 Å². The van der Waals surface area contributed by atoms with Crippen LogP contribution < -0.4 is 10.1 Å². The van der Waals surface area contributed by atoms with E-state index in [-0.39, 0.29) is 19.8 Å². The van der Waals surface area contributed by atoms with E-state index in [0.29, 0.717) is 40.4 Å². The maximum Gasteiger partial charge on any atom is 0.336 e. The number of dihydropyridines is 1. The molecule has 4 rings (SSSR count). The Morgan fingerprint density at radius 1 is 0.895 bits per heavy atom. The molecule has 0 saturated heterocycles. The molecule has 0 spiro atoms. The van der Waals surface area contributed by atoms with E-state index in [2.05, 4.69) is 15.6 Å². The molecular weight excluding hydrogens is 484 g/mol. The third kappa shape index (κ3) is 5.77. The van der Waals surface area contributed by atoms with Gasteiger partial charge < -0.3 is 19.5 Å². The van der Waals surface area contributed by atoms with Crippen LogP contribution in [0.15, 0.2) is 83.3 Å². The van der Waals surface area contributed by atoms with Crippen molar-refractivity contribution in [2.45, 2.75) is 46.8 Å². The van der Waals surface area contributed by atoms with E-state index < -0.39 is 17.9 Å². The monoisotopic (exact) mass is 516 g/mol. The number of para-hydroxylation sites is 1. The zero-order valence-corrected chi connectivity index (χ0v) is 22.1. The highest BCUT2D eigenvalue weighted by Gasteiger charge is 2.39. The molecule has 0 unspecified atom stereocenters. The third-order valence-electron chi connectivity index (χ3n) is 6.23. The number of nitrogens with one attached hydrogen (secondary N) is 1. The minimum Gasteiger partial charge on any atom is -0.487 e. The number of hydrogen-bond acceptors (Lipinski definition) is 8. The van der Waals surface area contributed by atoms with Crippen LogP contribution in [0.4, 0.5) is 0 Å². The Hall–Kier alpha value is -4.40. The normalized spacial score (nSPS) is 13.8. The van der Waals surface area contributed by atoms with Crippen LogP contribution in [0.5, 0.6) is 5.75 Å². The Kier molecular flexibility index (Phi) is 8.58. The van der Waals surface area contributed by atoms with Gasteiger partial charge in [0.25, 0.3) is 0 Å². The largest absolute Gasteiger partial charge is 0.487 e. The summed E-state index contributed by atoms with van der Waals surface area (Å²) in [6.45, 7) is 8.23. The predicted molar refractivity (Wildman–Crippen MR) is 141 cm³/mol. The minimum atomic E-state index is -0.738. The van der Waals surface area contributed by atoms with Gasteiger partial charge in [0.1, 0.15) is 12.4 Å². The molecule has 0 fully saturated rings. The number of nitrogens with zero attached hydrogens (tertiary/aromatic N) is 3. The third-order valence-corrected chi connectivity index (χ3v) is 6.23. The Morgan fingerprint density at radius 3 is 2.13 bits per heavy atom. The number of allylic oxidation sites excluding steroid dienone is 2. The Balaban J connectivity index is 1.69. The number of hydrogen-bond donors (Lipinski definition) is 1. The lowest BCUT2D eigenvalue weighted by molar-refractivity contribution is -0.139. The highest BCUT2D eigenvalue weighted by atomic mass is 16.5. The van der Waals surface area contributed by atoms with Crippen molar-refractivity contribution in [2.75, 3.05) is 13.2 Å². The van der Waals surface area contributed by atoms with Crippen molar-refractivity contribution in [1.29, 1.82) is 0 Å². The standard InChI is InChI=1S/C29H32N4O5/c1-5-36-28(34)25-19(3)31-20(4)26(29(35)37-6-2)27(25)23-14-10-11-15-24(23)38-18-22-16-30-32-33(22)17-21-12-8-7-9-13-21/h7-16,27,31H,5-6,17-18H2,1-4H3. The van der Waals surface area contributed by atoms with Gasteiger partial charge in [-0.25, -0.2) is 14.3 Å². The lowest BCUT2D eigenvalue weighted by Gasteiger charge is -2.31. The summed E-state index contributed by atoms with van der Waals surface area (Å²) in [5, 5.41) is 11.4. The van der Waals surface area contributed by atoms with Gasteiger partial charge in [0.15, 0.2) is 0 Å². The van der Waals surface area contributed by atoms with Crippen LogP contribution in [0.2, 0.25) is 0 Å². The fourth-order valence-electron chi connectivity index (χ4n) is 4.55. The first kappa shape index (κ1) is 26.7. The van der Waals surface area contributed by atoms with Crippen molar-refractivity contribution >= 4 is 11.9 Å². The second-order valence-electron chi connectivity index (χ2n) is 8.77. The summed E-state index contributed by atoms with van der Waals surface area (Å²) in [4.78, 5) is 26.3. The molecule has 2 aromatic carbocycles. The second kappa shape index (κ2) is 12.2. The van der Waals surface area contributed by atoms with Crippen LogP contribution in [-0.2, 0) is 32.2 Å². The van der Waals surface area contributed by atoms with Gasteiger partial charge in [-0.05, 0) is 39.3 Å². The molecule has 0 bridgehead atoms. The van der Waals surface area contributed by atoms with E-state index in [4.69, 9.17) is 14.2 Å². The van der Waals surface area contributed by atoms with Crippen LogP contribution in [0, 0.1) is 0 Å². The maximum atomic E-state index is 13.1. The van der Waals surface area contributed by atoms with Crippen molar-refractivity contribution < 1.29 is 23.8 Å². The van der Waals surface area contributed by atoms with Gasteiger partial charge in [0.05, 0.1) is 48.7 Å². The minimum absolute atomic E-state index is 0.191. The van der Waals surface area contributed by atoms with Crippen molar-refractivity contribution in [1.82, 2.24) is 20.3 Å². The molecule has 0 amide bonds. The zero-order valence-electron chi connectivity index (χ0n) is 22.1. The summed E-state index contributed by atoms with van der Waals surface area (Å²) in [5.41, 5.74) is 4.43. The van der Waals surface area contributed by atoms with E-state index in [0.717, 1.165) is 11.3 Å². The fraction of sp³-hybridized carbons (Fsp3) is 0.310. The van der Waals surface area contributed by atoms with Gasteiger partial charge in [-0.3, -0.25) is 0 Å². The second-order valence-corrected chi connectivity index (χ2v) is 8.77. The molecule has 0 atom stereocenters. The predicted octanol–water partition coefficient (Wildman–Crippen LogP) is 4.27. The molecule has 1 aromatic heterocycles. The first-order chi connectivity index (χ1) is 18.4. The molecule has 2 heterocycles. The van der Waals surface area contributed by atoms with E-state index in [1.165, 1.54) is 0 Å². The lowest BCUT2D eigenvalue weighted by Crippen LogP contribution is -2.32. The van der Waals surface area contributed by atoms with Gasteiger partial charge in [0, 0.05) is 17.0 Å². The Bertz CT molecular complexity index is 1320. The van der Waals surface area contributed by atoms with Gasteiger partial charge in [-0.15, -0.1) is 5.10 Å². The van der Waals surface area contributed by atoms with Gasteiger partial charge >= 0.3 is 11.9 Å². The Morgan fingerprint density at radius 2 is 1.50 bits per heavy atom. The van der Waals surface area contributed by atoms with Gasteiger partial charge in [-0.2, -0.15) is 0 Å². The quantitative estimate of drug-likeness (QED) is 0.399. The zero-order chi connectivity index (χ0) is 27.1. The molecule has 3 aromatic rings. The molecule has 198 valence electrons. The van der Waals surface area contributed by atoms with E-state index >= 15 is 0 Å². The molecule has 1 aliphatic heterocycles. The Labute approximate surface area is 222 Å². The summed E-state index contributed by atoms with van der Waals surface area (Å²) >= 11 is 0. The number of esters is 2. The summed E-state index contributed by atoms with van der Waals surface area (Å²) in [7, 11) is 0. The molecule has 9 nitrogen and oxygen atoms in total. The number of benzene rings is 2. The number of rotatable bonds is 10. The van der Waals surface area contributed by atoms with Crippen molar-refractivity contribution in [3.05, 3.63) is 100 Å². The molecular formula is C29H32N4O5. The van der Waals surface area contributed by atoms with Gasteiger partial charge in [-0.1, -0.05) is 53.7 Å². The summed E-state index contributed by atoms with van der Waals surface area (Å²) in [5.74, 6) is -1.22. The topological polar surface area (TPSA) is 105 Å². The fourth-order valence-corrected chi connectivity index (χ4v) is 4.55. The molecule has 38 heavy (non-hydrogen) atoms. The summed E-state index contributed by atoms with van der Waals surface area (Å²) < 4.78 is 18.8. The average molecular weight is 517 g/mol. The summed E-state index contributed by atoms with van der Waals surface area (Å²) in [6.07, 6.45) is 1.66. The first-order valence-corrected chi connectivity index (χ1v) is 12.6.